The third-order valence-electron chi connectivity index (χ3n) is 3.18. The summed E-state index contributed by atoms with van der Waals surface area (Å²) in [7, 11) is 0. The van der Waals surface area contributed by atoms with E-state index < -0.39 is 5.60 Å². The third kappa shape index (κ3) is 4.54. The highest BCUT2D eigenvalue weighted by molar-refractivity contribution is 5.38. The average molecular weight is 264 g/mol. The molecule has 1 rings (SSSR count). The normalized spacial score (nSPS) is 12.2. The minimum absolute atomic E-state index is 0.443. The van der Waals surface area contributed by atoms with E-state index in [1.54, 1.807) is 0 Å². The van der Waals surface area contributed by atoms with Crippen LogP contribution < -0.4 is 4.74 Å². The number of hydrogen-bond acceptors (Lipinski definition) is 2. The molecule has 0 aromatic heterocycles. The lowest BCUT2D eigenvalue weighted by Crippen LogP contribution is -2.30. The van der Waals surface area contributed by atoms with Gasteiger partial charge < -0.3 is 9.84 Å². The standard InChI is InChI=1S/C17H28O2/c1-6-19-16-10-8-7-9-15(16)17(18,11-13(2)3)12-14(4)5/h7-10,13-14,18H,6,11-12H2,1-5H3. The molecule has 1 aromatic rings. The van der Waals surface area contributed by atoms with Crippen LogP contribution in [-0.4, -0.2) is 11.7 Å². The van der Waals surface area contributed by atoms with Gasteiger partial charge in [0, 0.05) is 5.56 Å². The van der Waals surface area contributed by atoms with E-state index in [4.69, 9.17) is 4.74 Å². The molecule has 0 bridgehead atoms. The highest BCUT2D eigenvalue weighted by atomic mass is 16.5. The predicted molar refractivity (Wildman–Crippen MR) is 80.4 cm³/mol. The molecular formula is C17H28O2. The highest BCUT2D eigenvalue weighted by Crippen LogP contribution is 2.39. The molecule has 0 aliphatic heterocycles. The zero-order valence-electron chi connectivity index (χ0n) is 12.9. The van der Waals surface area contributed by atoms with Crippen LogP contribution in [0.4, 0.5) is 0 Å². The fourth-order valence-electron chi connectivity index (χ4n) is 2.79. The van der Waals surface area contributed by atoms with Crippen molar-refractivity contribution in [2.24, 2.45) is 11.8 Å². The van der Waals surface area contributed by atoms with E-state index in [0.717, 1.165) is 24.2 Å². The van der Waals surface area contributed by atoms with E-state index in [2.05, 4.69) is 27.7 Å². The van der Waals surface area contributed by atoms with Gasteiger partial charge in [-0.3, -0.25) is 0 Å². The maximum atomic E-state index is 11.2. The van der Waals surface area contributed by atoms with Gasteiger partial charge in [0.1, 0.15) is 5.75 Å². The van der Waals surface area contributed by atoms with Crippen molar-refractivity contribution in [2.45, 2.75) is 53.1 Å². The van der Waals surface area contributed by atoms with Gasteiger partial charge in [0.2, 0.25) is 0 Å². The monoisotopic (exact) mass is 264 g/mol. The van der Waals surface area contributed by atoms with Crippen LogP contribution in [0.2, 0.25) is 0 Å². The van der Waals surface area contributed by atoms with Crippen LogP contribution in [0.5, 0.6) is 5.75 Å². The second kappa shape index (κ2) is 6.95. The van der Waals surface area contributed by atoms with Crippen molar-refractivity contribution in [2.75, 3.05) is 6.61 Å². The minimum Gasteiger partial charge on any atom is -0.493 e. The molecular weight excluding hydrogens is 236 g/mol. The number of rotatable bonds is 7. The van der Waals surface area contributed by atoms with Gasteiger partial charge in [-0.05, 0) is 37.7 Å². The molecule has 108 valence electrons. The van der Waals surface area contributed by atoms with E-state index in [1.807, 2.05) is 31.2 Å². The second-order valence-electron chi connectivity index (χ2n) is 6.16. The van der Waals surface area contributed by atoms with Crippen molar-refractivity contribution in [3.63, 3.8) is 0 Å². The van der Waals surface area contributed by atoms with Crippen molar-refractivity contribution in [1.82, 2.24) is 0 Å². The highest BCUT2D eigenvalue weighted by Gasteiger charge is 2.33. The molecule has 0 saturated carbocycles. The van der Waals surface area contributed by atoms with Gasteiger partial charge in [0.25, 0.3) is 0 Å². The van der Waals surface area contributed by atoms with E-state index in [-0.39, 0.29) is 0 Å². The zero-order valence-corrected chi connectivity index (χ0v) is 12.9. The molecule has 0 saturated heterocycles. The Morgan fingerprint density at radius 3 is 2.05 bits per heavy atom. The molecule has 0 amide bonds. The number of para-hydroxylation sites is 1. The van der Waals surface area contributed by atoms with Crippen molar-refractivity contribution < 1.29 is 9.84 Å². The van der Waals surface area contributed by atoms with Crippen LogP contribution in [-0.2, 0) is 5.60 Å². The van der Waals surface area contributed by atoms with Crippen molar-refractivity contribution >= 4 is 0 Å². The first-order chi connectivity index (χ1) is 8.89. The summed E-state index contributed by atoms with van der Waals surface area (Å²) in [6, 6.07) is 7.88. The van der Waals surface area contributed by atoms with Crippen LogP contribution in [0.15, 0.2) is 24.3 Å². The molecule has 0 unspecified atom stereocenters. The van der Waals surface area contributed by atoms with Crippen molar-refractivity contribution in [3.05, 3.63) is 29.8 Å². The van der Waals surface area contributed by atoms with Gasteiger partial charge in [-0.2, -0.15) is 0 Å². The van der Waals surface area contributed by atoms with Gasteiger partial charge in [0.15, 0.2) is 0 Å². The summed E-state index contributed by atoms with van der Waals surface area (Å²) in [4.78, 5) is 0. The lowest BCUT2D eigenvalue weighted by atomic mass is 9.79. The Morgan fingerprint density at radius 1 is 1.05 bits per heavy atom. The number of aliphatic hydroxyl groups is 1. The van der Waals surface area contributed by atoms with E-state index in [9.17, 15) is 5.11 Å². The summed E-state index contributed by atoms with van der Waals surface area (Å²) in [6.07, 6.45) is 1.52. The van der Waals surface area contributed by atoms with Crippen molar-refractivity contribution in [3.8, 4) is 5.75 Å². The summed E-state index contributed by atoms with van der Waals surface area (Å²) in [6.45, 7) is 11.2. The molecule has 0 fully saturated rings. The first-order valence-corrected chi connectivity index (χ1v) is 7.33. The summed E-state index contributed by atoms with van der Waals surface area (Å²) in [5, 5.41) is 11.2. The molecule has 1 N–H and O–H groups in total. The van der Waals surface area contributed by atoms with Gasteiger partial charge in [0.05, 0.1) is 12.2 Å². The Labute approximate surface area is 117 Å². The summed E-state index contributed by atoms with van der Waals surface area (Å²) >= 11 is 0. The van der Waals surface area contributed by atoms with Crippen LogP contribution in [0.1, 0.15) is 53.0 Å². The molecule has 0 radical (unpaired) electrons. The molecule has 0 heterocycles. The second-order valence-corrected chi connectivity index (χ2v) is 6.16. The van der Waals surface area contributed by atoms with E-state index in [0.29, 0.717) is 18.4 Å². The lowest BCUT2D eigenvalue weighted by molar-refractivity contribution is -0.00672. The molecule has 0 aliphatic carbocycles. The van der Waals surface area contributed by atoms with Crippen LogP contribution in [0.25, 0.3) is 0 Å². The zero-order chi connectivity index (χ0) is 14.5. The smallest absolute Gasteiger partial charge is 0.125 e. The largest absolute Gasteiger partial charge is 0.493 e. The number of ether oxygens (including phenoxy) is 1. The lowest BCUT2D eigenvalue weighted by Gasteiger charge is -2.33. The quantitative estimate of drug-likeness (QED) is 0.792. The third-order valence-corrected chi connectivity index (χ3v) is 3.18. The number of hydrogen-bond donors (Lipinski definition) is 1. The van der Waals surface area contributed by atoms with Crippen molar-refractivity contribution in [1.29, 1.82) is 0 Å². The molecule has 2 nitrogen and oxygen atoms in total. The molecule has 2 heteroatoms. The van der Waals surface area contributed by atoms with Gasteiger partial charge >= 0.3 is 0 Å². The first kappa shape index (κ1) is 16.0. The Bertz CT molecular complexity index is 373. The predicted octanol–water partition coefficient (Wildman–Crippen LogP) is 4.37. The SMILES string of the molecule is CCOc1ccccc1C(O)(CC(C)C)CC(C)C. The topological polar surface area (TPSA) is 29.5 Å². The first-order valence-electron chi connectivity index (χ1n) is 7.33. The minimum atomic E-state index is -0.798. The summed E-state index contributed by atoms with van der Waals surface area (Å²) in [5.41, 5.74) is 0.132. The molecule has 0 aliphatic rings. The Balaban J connectivity index is 3.16. The Morgan fingerprint density at radius 2 is 1.58 bits per heavy atom. The van der Waals surface area contributed by atoms with Crippen LogP contribution in [0, 0.1) is 11.8 Å². The Hall–Kier alpha value is -1.02. The van der Waals surface area contributed by atoms with Gasteiger partial charge in [-0.15, -0.1) is 0 Å². The molecule has 1 aromatic carbocycles. The fraction of sp³-hybridized carbons (Fsp3) is 0.647. The van der Waals surface area contributed by atoms with Gasteiger partial charge in [-0.25, -0.2) is 0 Å². The molecule has 0 spiro atoms. The average Bonchev–Trinajstić information content (AvgIpc) is 2.27. The Kier molecular flexibility index (Phi) is 5.86. The maximum Gasteiger partial charge on any atom is 0.125 e. The van der Waals surface area contributed by atoms with E-state index in [1.165, 1.54) is 0 Å². The van der Waals surface area contributed by atoms with Gasteiger partial charge in [-0.1, -0.05) is 45.9 Å². The maximum absolute atomic E-state index is 11.2. The van der Waals surface area contributed by atoms with Crippen LogP contribution in [0.3, 0.4) is 0 Å². The summed E-state index contributed by atoms with van der Waals surface area (Å²) < 4.78 is 5.69. The molecule has 19 heavy (non-hydrogen) atoms. The van der Waals surface area contributed by atoms with Crippen LogP contribution >= 0.6 is 0 Å². The van der Waals surface area contributed by atoms with E-state index >= 15 is 0 Å². The fourth-order valence-corrected chi connectivity index (χ4v) is 2.79. The molecule has 0 atom stereocenters. The summed E-state index contributed by atoms with van der Waals surface area (Å²) in [5.74, 6) is 1.70. The number of benzene rings is 1.